The van der Waals surface area contributed by atoms with Crippen molar-refractivity contribution in [2.75, 3.05) is 6.61 Å². The summed E-state index contributed by atoms with van der Waals surface area (Å²) in [5.74, 6) is -0.693. The Morgan fingerprint density at radius 2 is 2.06 bits per heavy atom. The van der Waals surface area contributed by atoms with E-state index in [0.717, 1.165) is 0 Å². The molecule has 2 unspecified atom stereocenters. The Kier molecular flexibility index (Phi) is 8.44. The quantitative estimate of drug-likeness (QED) is 0.285. The van der Waals surface area contributed by atoms with Crippen LogP contribution in [0, 0.1) is 11.8 Å². The summed E-state index contributed by atoms with van der Waals surface area (Å²) in [4.78, 5) is 19.9. The first-order valence-corrected chi connectivity index (χ1v) is 14.0. The molecule has 0 N–H and O–H groups in total. The number of thiazole rings is 1. The van der Waals surface area contributed by atoms with Crippen LogP contribution in [-0.2, 0) is 20.4 Å². The predicted molar refractivity (Wildman–Crippen MR) is 134 cm³/mol. The highest BCUT2D eigenvalue weighted by Gasteiger charge is 2.44. The third-order valence-electron chi connectivity index (χ3n) is 5.70. The van der Waals surface area contributed by atoms with Crippen LogP contribution in [0.2, 0.25) is 0 Å². The zero-order chi connectivity index (χ0) is 26.2. The molecule has 1 aliphatic heterocycles. The number of pyridine rings is 1. The monoisotopic (exact) mass is 669 g/mol. The van der Waals surface area contributed by atoms with Gasteiger partial charge in [-0.2, -0.15) is 13.2 Å². The lowest BCUT2D eigenvalue weighted by Gasteiger charge is -2.44. The zero-order valence-corrected chi connectivity index (χ0v) is 23.9. The van der Waals surface area contributed by atoms with Gasteiger partial charge < -0.3 is 9.47 Å². The molecule has 0 radical (unpaired) electrons. The Morgan fingerprint density at radius 3 is 2.67 bits per heavy atom. The van der Waals surface area contributed by atoms with E-state index in [9.17, 15) is 18.0 Å². The van der Waals surface area contributed by atoms with Crippen LogP contribution in [0.5, 0.6) is 0 Å². The highest BCUT2D eigenvalue weighted by molar-refractivity contribution is 9.10. The topological polar surface area (TPSA) is 92.0 Å². The van der Waals surface area contributed by atoms with E-state index in [0.29, 0.717) is 20.2 Å². The van der Waals surface area contributed by atoms with E-state index < -0.39 is 29.4 Å². The minimum atomic E-state index is -4.57. The SMILES string of the molecule is CC(=O)OCC1O[C@H](Sc2cnc(C(F)(F)F)c(Br)c2)C(C)[C@@H](n2cc(-c3nc(Br)cs3)nn2)[C@H]1C. The number of alkyl halides is 3. The summed E-state index contributed by atoms with van der Waals surface area (Å²) in [6, 6.07) is 1.17. The molecule has 0 amide bonds. The Balaban J connectivity index is 1.62. The van der Waals surface area contributed by atoms with Gasteiger partial charge in [0.1, 0.15) is 27.3 Å². The van der Waals surface area contributed by atoms with E-state index in [1.807, 2.05) is 25.4 Å². The van der Waals surface area contributed by atoms with E-state index in [-0.39, 0.29) is 29.0 Å². The van der Waals surface area contributed by atoms with E-state index in [1.165, 1.54) is 42.3 Å². The van der Waals surface area contributed by atoms with Gasteiger partial charge in [-0.1, -0.05) is 30.8 Å². The van der Waals surface area contributed by atoms with E-state index in [4.69, 9.17) is 9.47 Å². The van der Waals surface area contributed by atoms with Gasteiger partial charge in [-0.25, -0.2) is 14.6 Å². The number of esters is 1. The van der Waals surface area contributed by atoms with Crippen molar-refractivity contribution in [1.29, 1.82) is 0 Å². The fourth-order valence-electron chi connectivity index (χ4n) is 4.01. The van der Waals surface area contributed by atoms with Gasteiger partial charge in [-0.15, -0.1) is 16.4 Å². The summed E-state index contributed by atoms with van der Waals surface area (Å²) in [6.07, 6.45) is -2.05. The average molecular weight is 671 g/mol. The number of nitrogens with zero attached hydrogens (tertiary/aromatic N) is 5. The van der Waals surface area contributed by atoms with Crippen molar-refractivity contribution in [3.05, 3.63) is 38.6 Å². The highest BCUT2D eigenvalue weighted by Crippen LogP contribution is 2.45. The molecular weight excluding hydrogens is 651 g/mol. The molecule has 0 bridgehead atoms. The molecule has 194 valence electrons. The number of carbonyl (C=O) groups excluding carboxylic acids is 1. The van der Waals surface area contributed by atoms with E-state index >= 15 is 0 Å². The molecule has 36 heavy (non-hydrogen) atoms. The fraction of sp³-hybridized carbons (Fsp3) is 0.476. The minimum Gasteiger partial charge on any atom is -0.463 e. The van der Waals surface area contributed by atoms with Gasteiger partial charge in [0.25, 0.3) is 0 Å². The van der Waals surface area contributed by atoms with Crippen LogP contribution in [0.15, 0.2) is 37.8 Å². The lowest BCUT2D eigenvalue weighted by atomic mass is 9.84. The minimum absolute atomic E-state index is 0.0344. The predicted octanol–water partition coefficient (Wildman–Crippen LogP) is 6.23. The molecule has 1 saturated heterocycles. The molecule has 15 heteroatoms. The first-order chi connectivity index (χ1) is 16.9. The number of carbonyl (C=O) groups is 1. The summed E-state index contributed by atoms with van der Waals surface area (Å²) >= 11 is 9.00. The molecule has 3 aromatic rings. The maximum atomic E-state index is 13.1. The molecule has 5 atom stereocenters. The van der Waals surface area contributed by atoms with Crippen LogP contribution in [0.1, 0.15) is 32.5 Å². The number of thioether (sulfide) groups is 1. The van der Waals surface area contributed by atoms with Crippen LogP contribution < -0.4 is 0 Å². The Bertz CT molecular complexity index is 1240. The van der Waals surface area contributed by atoms with Gasteiger partial charge in [0, 0.05) is 39.7 Å². The van der Waals surface area contributed by atoms with E-state index in [2.05, 4.69) is 52.1 Å². The van der Waals surface area contributed by atoms with Crippen molar-refractivity contribution in [1.82, 2.24) is 25.0 Å². The molecule has 8 nitrogen and oxygen atoms in total. The van der Waals surface area contributed by atoms with Crippen molar-refractivity contribution in [2.45, 2.75) is 49.4 Å². The van der Waals surface area contributed by atoms with E-state index in [1.54, 1.807) is 4.68 Å². The molecule has 0 spiro atoms. The average Bonchev–Trinajstić information content (AvgIpc) is 3.43. The van der Waals surface area contributed by atoms with Crippen LogP contribution in [0.25, 0.3) is 10.7 Å². The maximum Gasteiger partial charge on any atom is 0.434 e. The summed E-state index contributed by atoms with van der Waals surface area (Å²) in [5.41, 5.74) is -0.861. The summed E-state index contributed by atoms with van der Waals surface area (Å²) in [6.45, 7) is 5.32. The van der Waals surface area contributed by atoms with Gasteiger partial charge in [-0.05, 0) is 37.9 Å². The van der Waals surface area contributed by atoms with Gasteiger partial charge in [0.05, 0.1) is 18.3 Å². The van der Waals surface area contributed by atoms with Crippen molar-refractivity contribution in [3.8, 4) is 10.7 Å². The van der Waals surface area contributed by atoms with Gasteiger partial charge >= 0.3 is 12.1 Å². The van der Waals surface area contributed by atoms with Gasteiger partial charge in [-0.3, -0.25) is 4.79 Å². The Labute approximate surface area is 229 Å². The maximum absolute atomic E-state index is 13.1. The summed E-state index contributed by atoms with van der Waals surface area (Å²) in [5, 5.41) is 11.2. The van der Waals surface area contributed by atoms with Crippen LogP contribution >= 0.6 is 55.0 Å². The third kappa shape index (κ3) is 6.11. The molecule has 4 rings (SSSR count). The molecule has 0 aromatic carbocycles. The van der Waals surface area contributed by atoms with Crippen LogP contribution in [0.4, 0.5) is 13.2 Å². The standard InChI is InChI=1S/C21H20Br2F3N5O3S2/c1-9-15(7-33-11(3)32)34-20(36-12-4-13(22)18(27-5-12)21(24,25)26)10(2)17(9)31-6-14(29-30-31)19-28-16(23)8-35-19/h4-6,8-10,15,17,20H,7H2,1-3H3/t9-,10?,15?,17-,20+/m0/s1. The number of hydrogen-bond acceptors (Lipinski definition) is 9. The second-order valence-electron chi connectivity index (χ2n) is 8.23. The number of aromatic nitrogens is 5. The second kappa shape index (κ2) is 11.1. The molecule has 4 heterocycles. The van der Waals surface area contributed by atoms with Crippen molar-refractivity contribution in [2.24, 2.45) is 11.8 Å². The first-order valence-electron chi connectivity index (χ1n) is 10.7. The Hall–Kier alpha value is -1.55. The normalized spacial score (nSPS) is 24.6. The van der Waals surface area contributed by atoms with Crippen LogP contribution in [0.3, 0.4) is 0 Å². The van der Waals surface area contributed by atoms with Crippen LogP contribution in [-0.4, -0.2) is 49.1 Å². The van der Waals surface area contributed by atoms with Gasteiger partial charge in [0.15, 0.2) is 5.69 Å². The highest BCUT2D eigenvalue weighted by atomic mass is 79.9. The largest absolute Gasteiger partial charge is 0.463 e. The third-order valence-corrected chi connectivity index (χ3v) is 9.15. The lowest BCUT2D eigenvalue weighted by molar-refractivity contribution is -0.156. The second-order valence-corrected chi connectivity index (χ2v) is 11.9. The number of rotatable bonds is 6. The van der Waals surface area contributed by atoms with Crippen molar-refractivity contribution >= 4 is 60.9 Å². The molecule has 0 saturated carbocycles. The van der Waals surface area contributed by atoms with Crippen molar-refractivity contribution < 1.29 is 27.4 Å². The molecule has 0 aliphatic carbocycles. The zero-order valence-electron chi connectivity index (χ0n) is 19.1. The first kappa shape index (κ1) is 27.5. The van der Waals surface area contributed by atoms with Crippen molar-refractivity contribution in [3.63, 3.8) is 0 Å². The lowest BCUT2D eigenvalue weighted by Crippen LogP contribution is -2.47. The molecule has 1 aliphatic rings. The smallest absolute Gasteiger partial charge is 0.434 e. The summed E-state index contributed by atoms with van der Waals surface area (Å²) < 4.78 is 53.2. The molecule has 1 fully saturated rings. The molecule has 3 aromatic heterocycles. The van der Waals surface area contributed by atoms with Gasteiger partial charge in [0.2, 0.25) is 0 Å². The fourth-order valence-corrected chi connectivity index (χ4v) is 7.08. The summed E-state index contributed by atoms with van der Waals surface area (Å²) in [7, 11) is 0. The number of hydrogen-bond donors (Lipinski definition) is 0. The number of halogens is 5. The molecular formula is C21H20Br2F3N5O3S2. The number of ether oxygens (including phenoxy) is 2. The Morgan fingerprint density at radius 1 is 1.31 bits per heavy atom.